The van der Waals surface area contributed by atoms with Gasteiger partial charge in [0.2, 0.25) is 0 Å². The van der Waals surface area contributed by atoms with Gasteiger partial charge in [-0.05, 0) is 24.3 Å². The molecule has 0 atom stereocenters. The van der Waals surface area contributed by atoms with E-state index in [0.29, 0.717) is 17.0 Å². The lowest BCUT2D eigenvalue weighted by Crippen LogP contribution is -2.02. The Morgan fingerprint density at radius 1 is 1.26 bits per heavy atom. The fourth-order valence-electron chi connectivity index (χ4n) is 2.42. The van der Waals surface area contributed by atoms with Gasteiger partial charge in [-0.15, -0.1) is 0 Å². The Kier molecular flexibility index (Phi) is 3.45. The van der Waals surface area contributed by atoms with Crippen LogP contribution in [0.2, 0.25) is 0 Å². The molecule has 0 fully saturated rings. The van der Waals surface area contributed by atoms with Gasteiger partial charge in [0.15, 0.2) is 0 Å². The number of hydrogen-bond donors (Lipinski definition) is 0. The van der Waals surface area contributed by atoms with E-state index in [1.807, 2.05) is 6.07 Å². The van der Waals surface area contributed by atoms with Gasteiger partial charge in [0.05, 0.1) is 35.0 Å². The smallest absolute Gasteiger partial charge is 0.417 e. The minimum atomic E-state index is -4.49. The molecule has 0 unspecified atom stereocenters. The number of pyridine rings is 2. The number of nitriles is 1. The molecule has 0 N–H and O–H groups in total. The number of methoxy groups -OCH3 is 1. The molecule has 4 nitrogen and oxygen atoms in total. The summed E-state index contributed by atoms with van der Waals surface area (Å²) >= 11 is 0. The van der Waals surface area contributed by atoms with Gasteiger partial charge in [0.25, 0.3) is 0 Å². The lowest BCUT2D eigenvalue weighted by Gasteiger charge is -2.11. The van der Waals surface area contributed by atoms with E-state index >= 15 is 0 Å². The largest absolute Gasteiger partial charge is 0.496 e. The summed E-state index contributed by atoms with van der Waals surface area (Å²) in [6, 6.07) is 7.55. The summed E-state index contributed by atoms with van der Waals surface area (Å²) in [6.45, 7) is 0. The van der Waals surface area contributed by atoms with Gasteiger partial charge < -0.3 is 9.14 Å². The van der Waals surface area contributed by atoms with Crippen molar-refractivity contribution in [2.75, 3.05) is 7.11 Å². The Balaban J connectivity index is 2.35. The van der Waals surface area contributed by atoms with Crippen LogP contribution < -0.4 is 4.74 Å². The second-order valence-corrected chi connectivity index (χ2v) is 4.80. The van der Waals surface area contributed by atoms with Gasteiger partial charge in [-0.1, -0.05) is 0 Å². The van der Waals surface area contributed by atoms with Crippen molar-refractivity contribution in [1.82, 2.24) is 9.38 Å². The van der Waals surface area contributed by atoms with Gasteiger partial charge in [-0.3, -0.25) is 4.98 Å². The summed E-state index contributed by atoms with van der Waals surface area (Å²) in [5, 5.41) is 9.13. The second kappa shape index (κ2) is 5.32. The SMILES string of the molecule is COc1ccncc1-c1ccc(C#N)c2cc(C(F)(F)F)cn12. The topological polar surface area (TPSA) is 50.3 Å². The molecule has 3 heterocycles. The van der Waals surface area contributed by atoms with E-state index in [4.69, 9.17) is 10.00 Å². The molecule has 23 heavy (non-hydrogen) atoms. The normalized spacial score (nSPS) is 11.4. The van der Waals surface area contributed by atoms with Crippen LogP contribution >= 0.6 is 0 Å². The number of alkyl halides is 3. The van der Waals surface area contributed by atoms with Crippen molar-refractivity contribution in [3.05, 3.63) is 54.0 Å². The van der Waals surface area contributed by atoms with Crippen LogP contribution in [-0.2, 0) is 6.18 Å². The van der Waals surface area contributed by atoms with Gasteiger partial charge >= 0.3 is 6.18 Å². The number of ether oxygens (including phenoxy) is 1. The lowest BCUT2D eigenvalue weighted by molar-refractivity contribution is -0.137. The average Bonchev–Trinajstić information content (AvgIpc) is 2.99. The van der Waals surface area contributed by atoms with E-state index in [2.05, 4.69) is 4.98 Å². The van der Waals surface area contributed by atoms with Crippen LogP contribution in [0.3, 0.4) is 0 Å². The maximum absolute atomic E-state index is 13.0. The summed E-state index contributed by atoms with van der Waals surface area (Å²) in [5.41, 5.74) is 0.521. The van der Waals surface area contributed by atoms with Crippen LogP contribution in [0.1, 0.15) is 11.1 Å². The van der Waals surface area contributed by atoms with E-state index in [0.717, 1.165) is 12.3 Å². The number of fused-ring (bicyclic) bond motifs is 1. The summed E-state index contributed by atoms with van der Waals surface area (Å²) in [6.07, 6.45) is -0.486. The molecular weight excluding hydrogens is 307 g/mol. The summed E-state index contributed by atoms with van der Waals surface area (Å²) in [4.78, 5) is 3.99. The van der Waals surface area contributed by atoms with Gasteiger partial charge in [-0.2, -0.15) is 18.4 Å². The first-order valence-electron chi connectivity index (χ1n) is 6.56. The third kappa shape index (κ3) is 2.48. The van der Waals surface area contributed by atoms with E-state index in [1.54, 1.807) is 12.1 Å². The van der Waals surface area contributed by atoms with Crippen molar-refractivity contribution in [2.24, 2.45) is 0 Å². The molecular formula is C16H10F3N3O. The fourth-order valence-corrected chi connectivity index (χ4v) is 2.42. The van der Waals surface area contributed by atoms with Crippen LogP contribution in [-0.4, -0.2) is 16.5 Å². The van der Waals surface area contributed by atoms with Crippen molar-refractivity contribution >= 4 is 5.52 Å². The van der Waals surface area contributed by atoms with Crippen LogP contribution in [0.25, 0.3) is 16.8 Å². The van der Waals surface area contributed by atoms with Crippen molar-refractivity contribution in [3.8, 4) is 23.1 Å². The number of aromatic nitrogens is 2. The predicted molar refractivity (Wildman–Crippen MR) is 76.9 cm³/mol. The molecule has 7 heteroatoms. The monoisotopic (exact) mass is 317 g/mol. The maximum Gasteiger partial charge on any atom is 0.417 e. The summed E-state index contributed by atoms with van der Waals surface area (Å²) in [7, 11) is 1.47. The van der Waals surface area contributed by atoms with Gasteiger partial charge in [0, 0.05) is 18.6 Å². The highest BCUT2D eigenvalue weighted by Gasteiger charge is 2.32. The van der Waals surface area contributed by atoms with Crippen LogP contribution in [0.4, 0.5) is 13.2 Å². The molecule has 116 valence electrons. The quantitative estimate of drug-likeness (QED) is 0.720. The van der Waals surface area contributed by atoms with Crippen LogP contribution in [0, 0.1) is 11.3 Å². The Morgan fingerprint density at radius 2 is 2.04 bits per heavy atom. The van der Waals surface area contributed by atoms with E-state index in [9.17, 15) is 13.2 Å². The number of hydrogen-bond acceptors (Lipinski definition) is 3. The Bertz CT molecular complexity index is 922. The van der Waals surface area contributed by atoms with Crippen molar-refractivity contribution < 1.29 is 17.9 Å². The zero-order valence-corrected chi connectivity index (χ0v) is 11.9. The Labute approximate surface area is 129 Å². The molecule has 0 aromatic carbocycles. The summed E-state index contributed by atoms with van der Waals surface area (Å²) < 4.78 is 45.6. The number of rotatable bonds is 2. The minimum Gasteiger partial charge on any atom is -0.496 e. The minimum absolute atomic E-state index is 0.159. The molecule has 0 saturated carbocycles. The molecule has 0 bridgehead atoms. The molecule has 0 aliphatic carbocycles. The number of halogens is 3. The van der Waals surface area contributed by atoms with E-state index < -0.39 is 11.7 Å². The average molecular weight is 317 g/mol. The molecule has 3 aromatic rings. The molecule has 0 amide bonds. The second-order valence-electron chi connectivity index (χ2n) is 4.80. The molecule has 0 saturated heterocycles. The molecule has 0 radical (unpaired) electrons. The predicted octanol–water partition coefficient (Wildman–Crippen LogP) is 3.90. The standard InChI is InChI=1S/C16H10F3N3O/c1-23-15-4-5-21-8-12(15)13-3-2-10(7-20)14-6-11(9-22(13)14)16(17,18)19/h2-6,8-9H,1H3. The fraction of sp³-hybridized carbons (Fsp3) is 0.125. The molecule has 0 aliphatic heterocycles. The summed E-state index contributed by atoms with van der Waals surface area (Å²) in [5.74, 6) is 0.480. The van der Waals surface area contributed by atoms with Crippen LogP contribution in [0.15, 0.2) is 42.9 Å². The van der Waals surface area contributed by atoms with Gasteiger partial charge in [-0.25, -0.2) is 0 Å². The first-order chi connectivity index (χ1) is 11.0. The molecule has 0 spiro atoms. The van der Waals surface area contributed by atoms with Crippen molar-refractivity contribution in [2.45, 2.75) is 6.18 Å². The zero-order valence-electron chi connectivity index (χ0n) is 11.9. The van der Waals surface area contributed by atoms with E-state index in [1.165, 1.54) is 30.0 Å². The highest BCUT2D eigenvalue weighted by molar-refractivity contribution is 5.74. The van der Waals surface area contributed by atoms with Gasteiger partial charge in [0.1, 0.15) is 11.8 Å². The first-order valence-corrected chi connectivity index (χ1v) is 6.56. The maximum atomic E-state index is 13.0. The zero-order chi connectivity index (χ0) is 16.6. The molecule has 0 aliphatic rings. The third-order valence-electron chi connectivity index (χ3n) is 3.49. The Morgan fingerprint density at radius 3 is 2.70 bits per heavy atom. The highest BCUT2D eigenvalue weighted by atomic mass is 19.4. The highest BCUT2D eigenvalue weighted by Crippen LogP contribution is 2.35. The molecule has 3 aromatic heterocycles. The van der Waals surface area contributed by atoms with Crippen molar-refractivity contribution in [1.29, 1.82) is 5.26 Å². The van der Waals surface area contributed by atoms with E-state index in [-0.39, 0.29) is 11.1 Å². The van der Waals surface area contributed by atoms with Crippen LogP contribution in [0.5, 0.6) is 5.75 Å². The third-order valence-corrected chi connectivity index (χ3v) is 3.49. The first kappa shape index (κ1) is 14.9. The number of nitrogens with zero attached hydrogens (tertiary/aromatic N) is 3. The Hall–Kier alpha value is -3.01. The van der Waals surface area contributed by atoms with Crippen molar-refractivity contribution in [3.63, 3.8) is 0 Å². The lowest BCUT2D eigenvalue weighted by atomic mass is 10.1. The molecule has 3 rings (SSSR count).